The van der Waals surface area contributed by atoms with Crippen molar-refractivity contribution in [2.24, 2.45) is 0 Å². The highest BCUT2D eigenvalue weighted by Crippen LogP contribution is 2.44. The van der Waals surface area contributed by atoms with Crippen molar-refractivity contribution in [2.45, 2.75) is 33.5 Å². The first-order valence-corrected chi connectivity index (χ1v) is 5.87. The van der Waals surface area contributed by atoms with Crippen molar-refractivity contribution in [3.05, 3.63) is 22.3 Å². The lowest BCUT2D eigenvalue weighted by atomic mass is 9.90. The van der Waals surface area contributed by atoms with E-state index in [1.807, 2.05) is 20.8 Å². The predicted octanol–water partition coefficient (Wildman–Crippen LogP) is 1.71. The van der Waals surface area contributed by atoms with E-state index in [0.29, 0.717) is 6.54 Å². The van der Waals surface area contributed by atoms with Gasteiger partial charge in [0.05, 0.1) is 0 Å². The molecular formula is C13H15NO3. The lowest BCUT2D eigenvalue weighted by Crippen LogP contribution is -2.33. The third kappa shape index (κ3) is 1.33. The van der Waals surface area contributed by atoms with Gasteiger partial charge >= 0.3 is 0 Å². The first-order valence-electron chi connectivity index (χ1n) is 5.87. The van der Waals surface area contributed by atoms with E-state index in [4.69, 9.17) is 9.47 Å². The average molecular weight is 233 g/mol. The SMILES string of the molecule is Cc1c2c(c(C)c3c1OC(C)O3)C(=O)NCC2. The first kappa shape index (κ1) is 10.4. The van der Waals surface area contributed by atoms with E-state index in [9.17, 15) is 4.79 Å². The number of amides is 1. The van der Waals surface area contributed by atoms with Gasteiger partial charge in [0.1, 0.15) is 0 Å². The quantitative estimate of drug-likeness (QED) is 0.742. The number of carbonyl (C=O) groups is 1. The van der Waals surface area contributed by atoms with Crippen LogP contribution in [0.5, 0.6) is 11.5 Å². The molecule has 17 heavy (non-hydrogen) atoms. The van der Waals surface area contributed by atoms with Gasteiger partial charge < -0.3 is 14.8 Å². The van der Waals surface area contributed by atoms with Crippen LogP contribution in [0.25, 0.3) is 0 Å². The van der Waals surface area contributed by atoms with Crippen LogP contribution in [0.1, 0.15) is 34.0 Å². The topological polar surface area (TPSA) is 47.6 Å². The molecular weight excluding hydrogens is 218 g/mol. The molecule has 0 spiro atoms. The normalized spacial score (nSPS) is 21.1. The van der Waals surface area contributed by atoms with Crippen LogP contribution in [-0.4, -0.2) is 18.7 Å². The van der Waals surface area contributed by atoms with Crippen LogP contribution < -0.4 is 14.8 Å². The zero-order valence-electron chi connectivity index (χ0n) is 10.2. The summed E-state index contributed by atoms with van der Waals surface area (Å²) in [5, 5.41) is 2.87. The maximum Gasteiger partial charge on any atom is 0.251 e. The number of carbonyl (C=O) groups excluding carboxylic acids is 1. The van der Waals surface area contributed by atoms with Gasteiger partial charge in [0.25, 0.3) is 5.91 Å². The van der Waals surface area contributed by atoms with Crippen LogP contribution in [0, 0.1) is 13.8 Å². The minimum Gasteiger partial charge on any atom is -0.451 e. The second-order valence-corrected chi connectivity index (χ2v) is 4.57. The molecule has 1 unspecified atom stereocenters. The second kappa shape index (κ2) is 3.39. The standard InChI is InChI=1S/C13H15NO3/c1-6-9-4-5-14-13(15)10(9)7(2)12-11(6)16-8(3)17-12/h8H,4-5H2,1-3H3,(H,14,15). The van der Waals surface area contributed by atoms with Crippen molar-refractivity contribution in [3.63, 3.8) is 0 Å². The molecule has 3 rings (SSSR count). The maximum absolute atomic E-state index is 11.9. The molecule has 4 heteroatoms. The Morgan fingerprint density at radius 1 is 1.18 bits per heavy atom. The third-order valence-electron chi connectivity index (χ3n) is 3.47. The van der Waals surface area contributed by atoms with E-state index >= 15 is 0 Å². The van der Waals surface area contributed by atoms with E-state index in [-0.39, 0.29) is 12.2 Å². The average Bonchev–Trinajstić information content (AvgIpc) is 2.68. The van der Waals surface area contributed by atoms with E-state index in [1.165, 1.54) is 0 Å². The molecule has 2 heterocycles. The Labute approximate surface area is 99.9 Å². The third-order valence-corrected chi connectivity index (χ3v) is 3.47. The van der Waals surface area contributed by atoms with Crippen LogP contribution in [0.3, 0.4) is 0 Å². The lowest BCUT2D eigenvalue weighted by Gasteiger charge is -2.21. The number of benzene rings is 1. The smallest absolute Gasteiger partial charge is 0.251 e. The van der Waals surface area contributed by atoms with Gasteiger partial charge in [0.15, 0.2) is 11.5 Å². The highest BCUT2D eigenvalue weighted by molar-refractivity contribution is 5.99. The number of hydrogen-bond acceptors (Lipinski definition) is 3. The molecule has 0 saturated heterocycles. The molecule has 0 aliphatic carbocycles. The Balaban J connectivity index is 2.29. The van der Waals surface area contributed by atoms with Crippen LogP contribution in [0.15, 0.2) is 0 Å². The van der Waals surface area contributed by atoms with Gasteiger partial charge in [-0.05, 0) is 31.4 Å². The van der Waals surface area contributed by atoms with Gasteiger partial charge in [0, 0.05) is 24.6 Å². The molecule has 0 fully saturated rings. The van der Waals surface area contributed by atoms with Gasteiger partial charge in [-0.15, -0.1) is 0 Å². The summed E-state index contributed by atoms with van der Waals surface area (Å²) in [5.74, 6) is 1.53. The number of hydrogen-bond donors (Lipinski definition) is 1. The van der Waals surface area contributed by atoms with Crippen LogP contribution in [-0.2, 0) is 6.42 Å². The Hall–Kier alpha value is -1.71. The highest BCUT2D eigenvalue weighted by Gasteiger charge is 2.32. The maximum atomic E-state index is 11.9. The summed E-state index contributed by atoms with van der Waals surface area (Å²) >= 11 is 0. The van der Waals surface area contributed by atoms with E-state index in [0.717, 1.165) is 40.2 Å². The zero-order chi connectivity index (χ0) is 12.2. The predicted molar refractivity (Wildman–Crippen MR) is 62.7 cm³/mol. The molecule has 0 aromatic heterocycles. The van der Waals surface area contributed by atoms with E-state index in [1.54, 1.807) is 0 Å². The number of nitrogens with one attached hydrogen (secondary N) is 1. The van der Waals surface area contributed by atoms with E-state index < -0.39 is 0 Å². The molecule has 1 N–H and O–H groups in total. The Morgan fingerprint density at radius 3 is 2.53 bits per heavy atom. The minimum atomic E-state index is -0.269. The molecule has 2 aliphatic heterocycles. The molecule has 2 aliphatic rings. The van der Waals surface area contributed by atoms with E-state index in [2.05, 4.69) is 5.32 Å². The summed E-state index contributed by atoms with van der Waals surface area (Å²) in [6.07, 6.45) is 0.591. The minimum absolute atomic E-state index is 0.00203. The van der Waals surface area contributed by atoms with Crippen LogP contribution in [0.4, 0.5) is 0 Å². The van der Waals surface area contributed by atoms with Gasteiger partial charge in [-0.3, -0.25) is 4.79 Å². The summed E-state index contributed by atoms with van der Waals surface area (Å²) < 4.78 is 11.3. The van der Waals surface area contributed by atoms with Gasteiger partial charge in [-0.25, -0.2) is 0 Å². The molecule has 1 aromatic rings. The number of ether oxygens (including phenoxy) is 2. The summed E-state index contributed by atoms with van der Waals surface area (Å²) in [7, 11) is 0. The number of fused-ring (bicyclic) bond motifs is 2. The fourth-order valence-electron chi connectivity index (χ4n) is 2.65. The molecule has 4 nitrogen and oxygen atoms in total. The van der Waals surface area contributed by atoms with Crippen molar-refractivity contribution in [2.75, 3.05) is 6.54 Å². The fourth-order valence-corrected chi connectivity index (χ4v) is 2.65. The van der Waals surface area contributed by atoms with Crippen molar-refractivity contribution < 1.29 is 14.3 Å². The zero-order valence-corrected chi connectivity index (χ0v) is 10.2. The molecule has 0 saturated carbocycles. The number of rotatable bonds is 0. The fraction of sp³-hybridized carbons (Fsp3) is 0.462. The molecule has 0 bridgehead atoms. The van der Waals surface area contributed by atoms with Gasteiger partial charge in [-0.2, -0.15) is 0 Å². The first-order chi connectivity index (χ1) is 8.09. The van der Waals surface area contributed by atoms with Crippen LogP contribution >= 0.6 is 0 Å². The second-order valence-electron chi connectivity index (χ2n) is 4.57. The lowest BCUT2D eigenvalue weighted by molar-refractivity contribution is 0.0670. The Bertz CT molecular complexity index is 522. The van der Waals surface area contributed by atoms with Crippen molar-refractivity contribution in [1.29, 1.82) is 0 Å². The monoisotopic (exact) mass is 233 g/mol. The van der Waals surface area contributed by atoms with Crippen LogP contribution in [0.2, 0.25) is 0 Å². The Kier molecular flexibility index (Phi) is 2.08. The van der Waals surface area contributed by atoms with Gasteiger partial charge in [0.2, 0.25) is 6.29 Å². The van der Waals surface area contributed by atoms with Crippen molar-refractivity contribution in [1.82, 2.24) is 5.32 Å². The Morgan fingerprint density at radius 2 is 1.82 bits per heavy atom. The van der Waals surface area contributed by atoms with Gasteiger partial charge in [-0.1, -0.05) is 0 Å². The molecule has 0 radical (unpaired) electrons. The molecule has 90 valence electrons. The summed E-state index contributed by atoms with van der Waals surface area (Å²) in [4.78, 5) is 11.9. The van der Waals surface area contributed by atoms with Crippen molar-refractivity contribution in [3.8, 4) is 11.5 Å². The van der Waals surface area contributed by atoms with Crippen molar-refractivity contribution >= 4 is 5.91 Å². The summed E-state index contributed by atoms with van der Waals surface area (Å²) in [6, 6.07) is 0. The highest BCUT2D eigenvalue weighted by atomic mass is 16.7. The molecule has 1 amide bonds. The summed E-state index contributed by atoms with van der Waals surface area (Å²) in [6.45, 7) is 6.47. The molecule has 1 aromatic carbocycles. The summed E-state index contributed by atoms with van der Waals surface area (Å²) in [5.41, 5.74) is 3.80. The molecule has 1 atom stereocenters. The largest absolute Gasteiger partial charge is 0.451 e.